The minimum absolute atomic E-state index is 0.00292. The van der Waals surface area contributed by atoms with E-state index in [2.05, 4.69) is 26.5 Å². The highest BCUT2D eigenvalue weighted by Crippen LogP contribution is 2.52. The standard InChI is InChI=1S/C31H47O7P/c1-7-8-9-11-24-19-27(32)29(26-18-23(6)12-13-25(26)22(4)5)28(20-24)37-30(33)31(15-10-16-31)38-39(34,35)36-17-14-21(2)3/h18-21,25-26,32H,4,7-17H2,1-3,5-6H3,(H,34,35)/p-1/t25-,26+/m0/s1. The molecule has 8 heteroatoms. The molecule has 7 nitrogen and oxygen atoms in total. The maximum absolute atomic E-state index is 13.6. The molecule has 1 aromatic rings. The van der Waals surface area contributed by atoms with Crippen LogP contribution < -0.4 is 9.63 Å². The third-order valence-electron chi connectivity index (χ3n) is 7.93. The summed E-state index contributed by atoms with van der Waals surface area (Å²) in [6.45, 7) is 14.3. The minimum atomic E-state index is -4.72. The first-order chi connectivity index (χ1) is 18.4. The monoisotopic (exact) mass is 561 g/mol. The van der Waals surface area contributed by atoms with E-state index in [0.717, 1.165) is 49.7 Å². The normalized spacial score (nSPS) is 22.1. The molecule has 0 aliphatic heterocycles. The summed E-state index contributed by atoms with van der Waals surface area (Å²) in [5.74, 6) is -0.315. The number of carbonyl (C=O) groups is 1. The number of carbonyl (C=O) groups excluding carboxylic acids is 1. The molecule has 3 rings (SSSR count). The fraction of sp³-hybridized carbons (Fsp3) is 0.645. The highest BCUT2D eigenvalue weighted by atomic mass is 31.2. The number of phenols is 1. The second-order valence-corrected chi connectivity index (χ2v) is 13.1. The molecule has 1 fully saturated rings. The third-order valence-corrected chi connectivity index (χ3v) is 9.00. The number of phenolic OH excluding ortho intramolecular Hbond substituents is 1. The zero-order valence-electron chi connectivity index (χ0n) is 24.3. The Morgan fingerprint density at radius 1 is 1.28 bits per heavy atom. The number of phosphoric ester groups is 1. The van der Waals surface area contributed by atoms with E-state index >= 15 is 0 Å². The van der Waals surface area contributed by atoms with Crippen LogP contribution in [0.3, 0.4) is 0 Å². The molecule has 0 radical (unpaired) electrons. The number of allylic oxidation sites excluding steroid dienone is 3. The Labute approximate surface area is 234 Å². The van der Waals surface area contributed by atoms with Gasteiger partial charge in [0.15, 0.2) is 5.60 Å². The first-order valence-electron chi connectivity index (χ1n) is 14.4. The lowest BCUT2D eigenvalue weighted by molar-refractivity contribution is -0.243. The Morgan fingerprint density at radius 3 is 2.59 bits per heavy atom. The van der Waals surface area contributed by atoms with E-state index in [1.165, 1.54) is 5.57 Å². The Hall–Kier alpha value is -1.92. The second kappa shape index (κ2) is 13.6. The quantitative estimate of drug-likeness (QED) is 0.0823. The van der Waals surface area contributed by atoms with Crippen LogP contribution in [0.5, 0.6) is 11.5 Å². The lowest BCUT2D eigenvalue weighted by atomic mass is 9.73. The molecule has 1 aromatic carbocycles. The maximum atomic E-state index is 13.6. The fourth-order valence-electron chi connectivity index (χ4n) is 5.38. The van der Waals surface area contributed by atoms with E-state index in [1.807, 2.05) is 26.8 Å². The molecule has 0 spiro atoms. The third kappa shape index (κ3) is 8.29. The largest absolute Gasteiger partial charge is 0.756 e. The van der Waals surface area contributed by atoms with Crippen molar-refractivity contribution in [2.24, 2.45) is 11.8 Å². The van der Waals surface area contributed by atoms with Crippen molar-refractivity contribution >= 4 is 13.8 Å². The molecule has 1 saturated carbocycles. The van der Waals surface area contributed by atoms with Gasteiger partial charge in [-0.25, -0.2) is 4.79 Å². The van der Waals surface area contributed by atoms with Gasteiger partial charge in [-0.05, 0) is 94.7 Å². The van der Waals surface area contributed by atoms with Crippen molar-refractivity contribution in [2.75, 3.05) is 6.61 Å². The molecule has 0 saturated heterocycles. The average Bonchev–Trinajstić information content (AvgIpc) is 2.81. The lowest BCUT2D eigenvalue weighted by Crippen LogP contribution is -2.50. The predicted octanol–water partition coefficient (Wildman–Crippen LogP) is 7.52. The van der Waals surface area contributed by atoms with Crippen molar-refractivity contribution in [2.45, 2.75) is 110 Å². The Balaban J connectivity index is 1.95. The van der Waals surface area contributed by atoms with Crippen molar-refractivity contribution in [1.82, 2.24) is 0 Å². The lowest BCUT2D eigenvalue weighted by Gasteiger charge is -2.42. The van der Waals surface area contributed by atoms with E-state index in [1.54, 1.807) is 6.07 Å². The highest BCUT2D eigenvalue weighted by Gasteiger charge is 2.50. The van der Waals surface area contributed by atoms with Gasteiger partial charge in [0.2, 0.25) is 0 Å². The zero-order valence-corrected chi connectivity index (χ0v) is 25.2. The molecule has 0 bridgehead atoms. The van der Waals surface area contributed by atoms with Crippen LogP contribution in [0.15, 0.2) is 35.9 Å². The molecule has 1 unspecified atom stereocenters. The molecular weight excluding hydrogens is 515 g/mol. The van der Waals surface area contributed by atoms with E-state index in [-0.39, 0.29) is 48.7 Å². The smallest absolute Gasteiger partial charge is 0.344 e. The zero-order chi connectivity index (χ0) is 28.8. The van der Waals surface area contributed by atoms with Crippen LogP contribution in [0.2, 0.25) is 0 Å². The van der Waals surface area contributed by atoms with Crippen molar-refractivity contribution in [3.8, 4) is 11.5 Å². The molecule has 0 heterocycles. The van der Waals surface area contributed by atoms with Gasteiger partial charge in [-0.1, -0.05) is 57.4 Å². The Kier molecular flexibility index (Phi) is 11.0. The SMILES string of the molecule is C=C(C)[C@@H]1CCC(C)=C[C@H]1c1c(O)cc(CCCCC)cc1OC(=O)C1(OP(=O)([O-])OCCC(C)C)CCC1. The summed E-state index contributed by atoms with van der Waals surface area (Å²) in [6, 6.07) is 3.58. The second-order valence-electron chi connectivity index (χ2n) is 11.8. The van der Waals surface area contributed by atoms with Gasteiger partial charge in [-0.15, -0.1) is 0 Å². The number of ether oxygens (including phenoxy) is 1. The van der Waals surface area contributed by atoms with Crippen LogP contribution >= 0.6 is 7.82 Å². The highest BCUT2D eigenvalue weighted by molar-refractivity contribution is 7.46. The molecule has 0 aromatic heterocycles. The number of aryl methyl sites for hydroxylation is 1. The van der Waals surface area contributed by atoms with Crippen molar-refractivity contribution in [3.63, 3.8) is 0 Å². The summed E-state index contributed by atoms with van der Waals surface area (Å²) >= 11 is 0. The molecule has 1 N–H and O–H groups in total. The number of unbranched alkanes of at least 4 members (excludes halogenated alkanes) is 2. The van der Waals surface area contributed by atoms with Crippen molar-refractivity contribution < 1.29 is 33.1 Å². The topological polar surface area (TPSA) is 105 Å². The van der Waals surface area contributed by atoms with Crippen molar-refractivity contribution in [1.29, 1.82) is 0 Å². The van der Waals surface area contributed by atoms with E-state index in [0.29, 0.717) is 18.4 Å². The van der Waals surface area contributed by atoms with Gasteiger partial charge in [-0.3, -0.25) is 9.09 Å². The van der Waals surface area contributed by atoms with E-state index in [4.69, 9.17) is 13.8 Å². The number of aromatic hydroxyl groups is 1. The van der Waals surface area contributed by atoms with Gasteiger partial charge in [0.1, 0.15) is 11.5 Å². The molecule has 2 aliphatic rings. The molecule has 2 aliphatic carbocycles. The van der Waals surface area contributed by atoms with Gasteiger partial charge in [0.25, 0.3) is 7.82 Å². The van der Waals surface area contributed by atoms with Crippen LogP contribution in [0, 0.1) is 11.8 Å². The number of esters is 1. The number of benzene rings is 1. The van der Waals surface area contributed by atoms with Crippen LogP contribution in [0.25, 0.3) is 0 Å². The maximum Gasteiger partial charge on any atom is 0.344 e. The van der Waals surface area contributed by atoms with E-state index in [9.17, 15) is 19.4 Å². The number of hydrogen-bond acceptors (Lipinski definition) is 7. The van der Waals surface area contributed by atoms with Crippen LogP contribution in [-0.2, 0) is 24.8 Å². The van der Waals surface area contributed by atoms with Gasteiger partial charge in [-0.2, -0.15) is 0 Å². The number of hydrogen-bond donors (Lipinski definition) is 1. The molecule has 3 atom stereocenters. The van der Waals surface area contributed by atoms with Crippen LogP contribution in [0.1, 0.15) is 109 Å². The molecule has 218 valence electrons. The Morgan fingerprint density at radius 2 is 2.00 bits per heavy atom. The van der Waals surface area contributed by atoms with Crippen molar-refractivity contribution in [3.05, 3.63) is 47.1 Å². The molecule has 39 heavy (non-hydrogen) atoms. The van der Waals surface area contributed by atoms with E-state index < -0.39 is 19.4 Å². The van der Waals surface area contributed by atoms with Gasteiger partial charge >= 0.3 is 5.97 Å². The van der Waals surface area contributed by atoms with Gasteiger partial charge in [0, 0.05) is 11.5 Å². The van der Waals surface area contributed by atoms with Gasteiger partial charge in [0.05, 0.1) is 6.61 Å². The summed E-state index contributed by atoms with van der Waals surface area (Å²) in [6.07, 6.45) is 9.36. The number of rotatable bonds is 14. The first-order valence-corrected chi connectivity index (χ1v) is 15.9. The predicted molar refractivity (Wildman–Crippen MR) is 152 cm³/mol. The summed E-state index contributed by atoms with van der Waals surface area (Å²) in [7, 11) is -4.72. The summed E-state index contributed by atoms with van der Waals surface area (Å²) in [5, 5.41) is 11.3. The first kappa shape index (κ1) is 31.6. The fourth-order valence-corrected chi connectivity index (χ4v) is 6.45. The summed E-state index contributed by atoms with van der Waals surface area (Å²) in [5.41, 5.74) is 1.98. The van der Waals surface area contributed by atoms with Crippen LogP contribution in [0.4, 0.5) is 0 Å². The summed E-state index contributed by atoms with van der Waals surface area (Å²) in [4.78, 5) is 26.2. The summed E-state index contributed by atoms with van der Waals surface area (Å²) < 4.78 is 29.0. The van der Waals surface area contributed by atoms with Crippen LogP contribution in [-0.4, -0.2) is 23.3 Å². The molecular formula is C31H46O7P-. The number of phosphoric acid groups is 1. The Bertz CT molecular complexity index is 1100. The average molecular weight is 562 g/mol. The van der Waals surface area contributed by atoms with Gasteiger partial charge < -0.3 is 19.3 Å². The molecule has 0 amide bonds. The minimum Gasteiger partial charge on any atom is -0.756 e.